The third-order valence-electron chi connectivity index (χ3n) is 6.15. The van der Waals surface area contributed by atoms with Gasteiger partial charge in [0.2, 0.25) is 0 Å². The van der Waals surface area contributed by atoms with Crippen LogP contribution in [0.2, 0.25) is 0 Å². The first-order valence-corrected chi connectivity index (χ1v) is 10.8. The Morgan fingerprint density at radius 2 is 1.77 bits per heavy atom. The van der Waals surface area contributed by atoms with Crippen molar-refractivity contribution in [2.45, 2.75) is 33.0 Å². The minimum atomic E-state index is -1.11. The number of urea groups is 1. The minimum absolute atomic E-state index is 0.0881. The van der Waals surface area contributed by atoms with Gasteiger partial charge in [0.1, 0.15) is 23.3 Å². The second kappa shape index (κ2) is 9.36. The zero-order valence-corrected chi connectivity index (χ0v) is 19.2. The van der Waals surface area contributed by atoms with Gasteiger partial charge in [0.15, 0.2) is 0 Å². The van der Waals surface area contributed by atoms with Crippen molar-refractivity contribution < 1.29 is 27.2 Å². The Bertz CT molecular complexity index is 1310. The van der Waals surface area contributed by atoms with Gasteiger partial charge in [-0.2, -0.15) is 0 Å². The molecule has 1 aliphatic heterocycles. The lowest BCUT2D eigenvalue weighted by Crippen LogP contribution is -2.46. The molecule has 0 fully saturated rings. The van der Waals surface area contributed by atoms with Gasteiger partial charge in [-0.3, -0.25) is 14.7 Å². The molecule has 4 rings (SSSR count). The zero-order chi connectivity index (χ0) is 25.4. The molecule has 0 spiro atoms. The number of anilines is 1. The Kier molecular flexibility index (Phi) is 6.47. The molecule has 182 valence electrons. The number of carbonyl (C=O) groups excluding carboxylic acids is 2. The SMILES string of the molecule is Cc1nccc(CN2C(=O)N(C)[C@H](C)c3ccc(C(=O)NCc4c(F)cc(F)cc4F)cc32)c1F. The van der Waals surface area contributed by atoms with Crippen LogP contribution in [0.1, 0.15) is 45.7 Å². The van der Waals surface area contributed by atoms with E-state index in [9.17, 15) is 27.2 Å². The Hall–Kier alpha value is -3.95. The number of pyridine rings is 1. The van der Waals surface area contributed by atoms with E-state index in [1.165, 1.54) is 41.1 Å². The maximum atomic E-state index is 14.6. The number of aryl methyl sites for hydroxylation is 1. The van der Waals surface area contributed by atoms with E-state index in [0.29, 0.717) is 17.8 Å². The van der Waals surface area contributed by atoms with E-state index in [4.69, 9.17) is 0 Å². The number of carbonyl (C=O) groups is 2. The highest BCUT2D eigenvalue weighted by Crippen LogP contribution is 2.37. The first-order valence-electron chi connectivity index (χ1n) is 10.8. The van der Waals surface area contributed by atoms with Gasteiger partial charge in [-0.1, -0.05) is 6.07 Å². The van der Waals surface area contributed by atoms with Gasteiger partial charge >= 0.3 is 6.03 Å². The van der Waals surface area contributed by atoms with Crippen LogP contribution in [0, 0.1) is 30.2 Å². The van der Waals surface area contributed by atoms with E-state index in [1.807, 2.05) is 6.92 Å². The Balaban J connectivity index is 1.64. The van der Waals surface area contributed by atoms with Gasteiger partial charge in [-0.25, -0.2) is 22.4 Å². The van der Waals surface area contributed by atoms with Crippen molar-refractivity contribution in [1.82, 2.24) is 15.2 Å². The van der Waals surface area contributed by atoms with Gasteiger partial charge in [-0.15, -0.1) is 0 Å². The average Bonchev–Trinajstić information content (AvgIpc) is 2.81. The van der Waals surface area contributed by atoms with Crippen molar-refractivity contribution in [2.24, 2.45) is 0 Å². The summed E-state index contributed by atoms with van der Waals surface area (Å²) in [5.41, 5.74) is 1.27. The van der Waals surface area contributed by atoms with Crippen LogP contribution in [-0.4, -0.2) is 28.9 Å². The fraction of sp³-hybridized carbons (Fsp3) is 0.240. The maximum Gasteiger partial charge on any atom is 0.325 e. The molecular weight excluding hydrogens is 464 g/mol. The third-order valence-corrected chi connectivity index (χ3v) is 6.15. The second-order valence-corrected chi connectivity index (χ2v) is 8.33. The normalized spacial score (nSPS) is 15.3. The van der Waals surface area contributed by atoms with Gasteiger partial charge in [0, 0.05) is 48.6 Å². The summed E-state index contributed by atoms with van der Waals surface area (Å²) in [5.74, 6) is -4.47. The van der Waals surface area contributed by atoms with E-state index in [-0.39, 0.29) is 35.4 Å². The second-order valence-electron chi connectivity index (χ2n) is 8.33. The van der Waals surface area contributed by atoms with Crippen LogP contribution in [0.3, 0.4) is 0 Å². The van der Waals surface area contributed by atoms with Crippen molar-refractivity contribution in [3.63, 3.8) is 0 Å². The third kappa shape index (κ3) is 4.55. The van der Waals surface area contributed by atoms with Gasteiger partial charge in [0.25, 0.3) is 5.91 Å². The Labute approximate surface area is 199 Å². The lowest BCUT2D eigenvalue weighted by molar-refractivity contribution is 0.0950. The number of hydrogen-bond acceptors (Lipinski definition) is 3. The number of aromatic nitrogens is 1. The Morgan fingerprint density at radius 3 is 2.46 bits per heavy atom. The van der Waals surface area contributed by atoms with Gasteiger partial charge in [-0.05, 0) is 37.6 Å². The number of benzene rings is 2. The molecule has 0 bridgehead atoms. The van der Waals surface area contributed by atoms with E-state index < -0.39 is 41.3 Å². The lowest BCUT2D eigenvalue weighted by Gasteiger charge is -2.39. The largest absolute Gasteiger partial charge is 0.348 e. The van der Waals surface area contributed by atoms with E-state index >= 15 is 0 Å². The molecule has 0 saturated carbocycles. The topological polar surface area (TPSA) is 65.5 Å². The number of hydrogen-bond donors (Lipinski definition) is 1. The summed E-state index contributed by atoms with van der Waals surface area (Å²) in [5, 5.41) is 2.41. The van der Waals surface area contributed by atoms with E-state index in [1.54, 1.807) is 13.1 Å². The van der Waals surface area contributed by atoms with Crippen LogP contribution in [0.25, 0.3) is 0 Å². The van der Waals surface area contributed by atoms with Crippen LogP contribution in [0.4, 0.5) is 28.0 Å². The van der Waals surface area contributed by atoms with Crippen molar-refractivity contribution in [2.75, 3.05) is 11.9 Å². The summed E-state index contributed by atoms with van der Waals surface area (Å²) in [7, 11) is 1.63. The smallest absolute Gasteiger partial charge is 0.325 e. The Morgan fingerprint density at radius 1 is 1.09 bits per heavy atom. The summed E-state index contributed by atoms with van der Waals surface area (Å²) in [6.45, 7) is 2.76. The highest BCUT2D eigenvalue weighted by Gasteiger charge is 2.34. The van der Waals surface area contributed by atoms with Gasteiger partial charge in [0.05, 0.1) is 24.0 Å². The standard InChI is InChI=1S/C25H22F4N4O2/c1-13-23(29)16(6-7-30-13)12-33-22-8-15(4-5-18(22)14(2)32(3)25(33)35)24(34)31-11-19-20(27)9-17(26)10-21(19)28/h4-10,14H,11-12H2,1-3H3,(H,31,34)/t14-/m1/s1. The molecule has 0 unspecified atom stereocenters. The number of rotatable bonds is 5. The highest BCUT2D eigenvalue weighted by molar-refractivity contribution is 5.99. The molecule has 2 heterocycles. The van der Waals surface area contributed by atoms with E-state index in [2.05, 4.69) is 10.3 Å². The molecule has 0 aliphatic carbocycles. The average molecular weight is 486 g/mol. The van der Waals surface area contributed by atoms with Crippen LogP contribution >= 0.6 is 0 Å². The summed E-state index contributed by atoms with van der Waals surface area (Å²) in [6.07, 6.45) is 1.45. The monoisotopic (exact) mass is 486 g/mol. The van der Waals surface area contributed by atoms with Crippen LogP contribution in [-0.2, 0) is 13.1 Å². The maximum absolute atomic E-state index is 14.6. The summed E-state index contributed by atoms with van der Waals surface area (Å²) in [4.78, 5) is 32.6. The summed E-state index contributed by atoms with van der Waals surface area (Å²) < 4.78 is 55.6. The molecule has 2 aromatic carbocycles. The number of halogens is 4. The molecule has 3 aromatic rings. The summed E-state index contributed by atoms with van der Waals surface area (Å²) in [6, 6.07) is 6.55. The van der Waals surface area contributed by atoms with Crippen LogP contribution in [0.15, 0.2) is 42.6 Å². The quantitative estimate of drug-likeness (QED) is 0.516. The van der Waals surface area contributed by atoms with Crippen LogP contribution in [0.5, 0.6) is 0 Å². The molecule has 35 heavy (non-hydrogen) atoms. The van der Waals surface area contributed by atoms with Crippen molar-refractivity contribution in [3.05, 3.63) is 93.8 Å². The molecule has 1 aromatic heterocycles. The predicted octanol–water partition coefficient (Wildman–Crippen LogP) is 5.01. The number of nitrogens with zero attached hydrogens (tertiary/aromatic N) is 3. The lowest BCUT2D eigenvalue weighted by atomic mass is 9.98. The van der Waals surface area contributed by atoms with Crippen molar-refractivity contribution >= 4 is 17.6 Å². The predicted molar refractivity (Wildman–Crippen MR) is 121 cm³/mol. The van der Waals surface area contributed by atoms with Gasteiger partial charge < -0.3 is 10.2 Å². The van der Waals surface area contributed by atoms with Crippen molar-refractivity contribution in [1.29, 1.82) is 0 Å². The fourth-order valence-electron chi connectivity index (χ4n) is 4.00. The number of amides is 3. The van der Waals surface area contributed by atoms with Crippen molar-refractivity contribution in [3.8, 4) is 0 Å². The number of fused-ring (bicyclic) bond motifs is 1. The molecule has 6 nitrogen and oxygen atoms in total. The first kappa shape index (κ1) is 24.2. The fourth-order valence-corrected chi connectivity index (χ4v) is 4.00. The molecule has 0 saturated heterocycles. The minimum Gasteiger partial charge on any atom is -0.348 e. The summed E-state index contributed by atoms with van der Waals surface area (Å²) >= 11 is 0. The molecule has 0 radical (unpaired) electrons. The van der Waals surface area contributed by atoms with E-state index in [0.717, 1.165) is 5.56 Å². The molecule has 10 heteroatoms. The molecule has 3 amide bonds. The first-order chi connectivity index (χ1) is 16.6. The molecule has 1 N–H and O–H groups in total. The molecule has 1 atom stereocenters. The highest BCUT2D eigenvalue weighted by atomic mass is 19.1. The number of nitrogens with one attached hydrogen (secondary N) is 1. The van der Waals surface area contributed by atoms with Crippen LogP contribution < -0.4 is 10.2 Å². The molecule has 1 aliphatic rings. The molecular formula is C25H22F4N4O2. The zero-order valence-electron chi connectivity index (χ0n) is 19.2.